The molecule has 0 bridgehead atoms. The molecule has 7 heteroatoms. The fraction of sp³-hybridized carbons (Fsp3) is 0.571. The van der Waals surface area contributed by atoms with Gasteiger partial charge in [-0.3, -0.25) is 0 Å². The van der Waals surface area contributed by atoms with Crippen LogP contribution in [0, 0.1) is 11.7 Å². The van der Waals surface area contributed by atoms with E-state index >= 15 is 0 Å². The van der Waals surface area contributed by atoms with Crippen LogP contribution in [0.5, 0.6) is 0 Å². The van der Waals surface area contributed by atoms with E-state index in [1.807, 2.05) is 13.8 Å². The Kier molecular flexibility index (Phi) is 4.80. The van der Waals surface area contributed by atoms with Crippen LogP contribution in [-0.4, -0.2) is 25.3 Å². The molecule has 1 aromatic carbocycles. The average molecular weight is 335 g/mol. The fourth-order valence-electron chi connectivity index (χ4n) is 2.14. The third-order valence-corrected chi connectivity index (χ3v) is 5.71. The van der Waals surface area contributed by atoms with Crippen LogP contribution >= 0.6 is 11.6 Å². The van der Waals surface area contributed by atoms with Gasteiger partial charge in [0.2, 0.25) is 10.0 Å². The van der Waals surface area contributed by atoms with Gasteiger partial charge in [-0.25, -0.2) is 12.8 Å². The lowest BCUT2D eigenvalue weighted by molar-refractivity contribution is 0.371. The van der Waals surface area contributed by atoms with E-state index in [0.717, 1.165) is 25.3 Å². The summed E-state index contributed by atoms with van der Waals surface area (Å²) < 4.78 is 41.0. The molecule has 1 aliphatic carbocycles. The molecule has 21 heavy (non-hydrogen) atoms. The van der Waals surface area contributed by atoms with Gasteiger partial charge in [-0.2, -0.15) is 4.31 Å². The molecule has 1 aromatic rings. The second-order valence-corrected chi connectivity index (χ2v) is 8.11. The maximum atomic E-state index is 14.1. The summed E-state index contributed by atoms with van der Waals surface area (Å²) in [6.07, 6.45) is 2.36. The maximum absolute atomic E-state index is 14.1. The second-order valence-electron chi connectivity index (χ2n) is 5.84. The highest BCUT2D eigenvalue weighted by Gasteiger charge is 2.39. The lowest BCUT2D eigenvalue weighted by Crippen LogP contribution is -2.35. The Morgan fingerprint density at radius 1 is 1.43 bits per heavy atom. The predicted octanol–water partition coefficient (Wildman–Crippen LogP) is 3.26. The normalized spacial score (nSPS) is 15.9. The van der Waals surface area contributed by atoms with Crippen LogP contribution in [0.3, 0.4) is 0 Å². The van der Waals surface area contributed by atoms with E-state index < -0.39 is 20.7 Å². The number of hydrogen-bond donors (Lipinski definition) is 1. The van der Waals surface area contributed by atoms with Gasteiger partial charge in [0.05, 0.1) is 5.02 Å². The van der Waals surface area contributed by atoms with Crippen molar-refractivity contribution in [2.24, 2.45) is 5.92 Å². The number of nitrogens with zero attached hydrogens (tertiary/aromatic N) is 1. The third-order valence-electron chi connectivity index (χ3n) is 3.48. The van der Waals surface area contributed by atoms with Gasteiger partial charge in [0, 0.05) is 18.3 Å². The molecule has 0 amide bonds. The van der Waals surface area contributed by atoms with E-state index in [9.17, 15) is 12.8 Å². The van der Waals surface area contributed by atoms with E-state index in [2.05, 4.69) is 0 Å². The van der Waals surface area contributed by atoms with Crippen molar-refractivity contribution in [2.45, 2.75) is 44.0 Å². The molecule has 1 saturated carbocycles. The van der Waals surface area contributed by atoms with Gasteiger partial charge in [-0.15, -0.1) is 0 Å². The van der Waals surface area contributed by atoms with E-state index in [4.69, 9.17) is 17.3 Å². The number of anilines is 1. The van der Waals surface area contributed by atoms with Crippen molar-refractivity contribution in [1.82, 2.24) is 4.31 Å². The van der Waals surface area contributed by atoms with Gasteiger partial charge in [-0.1, -0.05) is 25.4 Å². The molecule has 0 atom stereocenters. The molecule has 4 nitrogen and oxygen atoms in total. The zero-order valence-electron chi connectivity index (χ0n) is 12.1. The number of benzene rings is 1. The molecule has 0 aromatic heterocycles. The number of nitrogens with two attached hydrogens (primary N) is 1. The van der Waals surface area contributed by atoms with Crippen molar-refractivity contribution in [3.05, 3.63) is 23.0 Å². The maximum Gasteiger partial charge on any atom is 0.246 e. The molecule has 2 N–H and O–H groups in total. The molecule has 0 spiro atoms. The van der Waals surface area contributed by atoms with Crippen molar-refractivity contribution in [2.75, 3.05) is 12.3 Å². The first-order valence-electron chi connectivity index (χ1n) is 7.00. The first kappa shape index (κ1) is 16.5. The molecule has 1 aliphatic rings. The van der Waals surface area contributed by atoms with E-state index in [1.165, 1.54) is 10.4 Å². The van der Waals surface area contributed by atoms with Crippen LogP contribution in [0.25, 0.3) is 0 Å². The highest BCUT2D eigenvalue weighted by Crippen LogP contribution is 2.35. The van der Waals surface area contributed by atoms with Crippen molar-refractivity contribution in [3.63, 3.8) is 0 Å². The Bertz CT molecular complexity index is 630. The SMILES string of the molecule is CC(C)CCN(C1CC1)S(=O)(=O)c1cc(N)cc(Cl)c1F. The summed E-state index contributed by atoms with van der Waals surface area (Å²) in [5.41, 5.74) is 5.74. The first-order valence-corrected chi connectivity index (χ1v) is 8.81. The first-order chi connectivity index (χ1) is 9.73. The van der Waals surface area contributed by atoms with E-state index in [1.54, 1.807) is 0 Å². The predicted molar refractivity (Wildman–Crippen MR) is 82.2 cm³/mol. The summed E-state index contributed by atoms with van der Waals surface area (Å²) in [5.74, 6) is -0.559. The topological polar surface area (TPSA) is 63.4 Å². The Morgan fingerprint density at radius 3 is 2.57 bits per heavy atom. The highest BCUT2D eigenvalue weighted by molar-refractivity contribution is 7.89. The van der Waals surface area contributed by atoms with Gasteiger partial charge in [0.25, 0.3) is 0 Å². The average Bonchev–Trinajstić information content (AvgIpc) is 3.17. The van der Waals surface area contributed by atoms with E-state index in [-0.39, 0.29) is 16.8 Å². The van der Waals surface area contributed by atoms with Crippen LogP contribution in [0.15, 0.2) is 17.0 Å². The lowest BCUT2D eigenvalue weighted by atomic mass is 10.1. The number of nitrogen functional groups attached to an aromatic ring is 1. The summed E-state index contributed by atoms with van der Waals surface area (Å²) in [6, 6.07) is 2.32. The smallest absolute Gasteiger partial charge is 0.246 e. The Labute approximate surface area is 130 Å². The highest BCUT2D eigenvalue weighted by atomic mass is 35.5. The second kappa shape index (κ2) is 6.10. The minimum atomic E-state index is -3.92. The molecule has 0 unspecified atom stereocenters. The van der Waals surface area contributed by atoms with Crippen molar-refractivity contribution in [1.29, 1.82) is 0 Å². The largest absolute Gasteiger partial charge is 0.399 e. The van der Waals surface area contributed by atoms with Gasteiger partial charge >= 0.3 is 0 Å². The molecule has 118 valence electrons. The number of rotatable bonds is 6. The Balaban J connectivity index is 2.39. The van der Waals surface area contributed by atoms with Crippen LogP contribution in [0.1, 0.15) is 33.1 Å². The van der Waals surface area contributed by atoms with Crippen LogP contribution < -0.4 is 5.73 Å². The van der Waals surface area contributed by atoms with E-state index in [0.29, 0.717) is 12.5 Å². The molecule has 2 rings (SSSR count). The summed E-state index contributed by atoms with van der Waals surface area (Å²) in [6.45, 7) is 4.43. The monoisotopic (exact) mass is 334 g/mol. The summed E-state index contributed by atoms with van der Waals surface area (Å²) in [4.78, 5) is -0.428. The van der Waals surface area contributed by atoms with Crippen molar-refractivity contribution in [3.8, 4) is 0 Å². The van der Waals surface area contributed by atoms with Crippen LogP contribution in [-0.2, 0) is 10.0 Å². The number of halogens is 2. The van der Waals surface area contributed by atoms with Gasteiger partial charge in [-0.05, 0) is 37.3 Å². The Hall–Kier alpha value is -0.850. The van der Waals surface area contributed by atoms with Gasteiger partial charge < -0.3 is 5.73 Å². The minimum Gasteiger partial charge on any atom is -0.399 e. The van der Waals surface area contributed by atoms with Crippen LogP contribution in [0.2, 0.25) is 5.02 Å². The standard InChI is InChI=1S/C14H20ClFN2O2S/c1-9(2)5-6-18(11-3-4-11)21(19,20)13-8-10(17)7-12(15)14(13)16/h7-9,11H,3-6,17H2,1-2H3. The number of hydrogen-bond acceptors (Lipinski definition) is 3. The molecule has 0 radical (unpaired) electrons. The molecule has 1 fully saturated rings. The third kappa shape index (κ3) is 3.67. The molecule has 0 saturated heterocycles. The Morgan fingerprint density at radius 2 is 2.05 bits per heavy atom. The zero-order chi connectivity index (χ0) is 15.8. The summed E-state index contributed by atoms with van der Waals surface area (Å²) in [7, 11) is -3.92. The zero-order valence-corrected chi connectivity index (χ0v) is 13.7. The summed E-state index contributed by atoms with van der Waals surface area (Å²) in [5, 5.41) is -0.270. The number of sulfonamides is 1. The molecular formula is C14H20ClFN2O2S. The van der Waals surface area contributed by atoms with Crippen molar-refractivity contribution < 1.29 is 12.8 Å². The van der Waals surface area contributed by atoms with Gasteiger partial charge in [0.1, 0.15) is 4.90 Å². The quantitative estimate of drug-likeness (QED) is 0.812. The minimum absolute atomic E-state index is 0.0339. The fourth-order valence-corrected chi connectivity index (χ4v) is 4.25. The lowest BCUT2D eigenvalue weighted by Gasteiger charge is -2.23. The molecular weight excluding hydrogens is 315 g/mol. The van der Waals surface area contributed by atoms with Crippen LogP contribution in [0.4, 0.5) is 10.1 Å². The van der Waals surface area contributed by atoms with Crippen molar-refractivity contribution >= 4 is 27.3 Å². The summed E-state index contributed by atoms with van der Waals surface area (Å²) >= 11 is 5.71. The molecule has 0 aliphatic heterocycles. The molecule has 0 heterocycles. The van der Waals surface area contributed by atoms with Gasteiger partial charge in [0.15, 0.2) is 5.82 Å².